The molecule has 0 radical (unpaired) electrons. The maximum absolute atomic E-state index is 12.7. The minimum Gasteiger partial charge on any atom is -0.454 e. The number of amides is 1. The van der Waals surface area contributed by atoms with Gasteiger partial charge in [-0.3, -0.25) is 9.69 Å². The van der Waals surface area contributed by atoms with Crippen molar-refractivity contribution in [3.63, 3.8) is 0 Å². The number of carbonyl (C=O) groups excluding carboxylic acids is 2. The average molecular weight is 394 g/mol. The molecule has 148 valence electrons. The molecule has 2 aliphatic rings. The summed E-state index contributed by atoms with van der Waals surface area (Å²) >= 11 is 0. The van der Waals surface area contributed by atoms with Crippen molar-refractivity contribution < 1.29 is 23.8 Å². The van der Waals surface area contributed by atoms with Crippen molar-refractivity contribution in [1.82, 2.24) is 10.2 Å². The monoisotopic (exact) mass is 394 g/mol. The van der Waals surface area contributed by atoms with Crippen molar-refractivity contribution in [2.75, 3.05) is 13.3 Å². The van der Waals surface area contributed by atoms with Crippen LogP contribution >= 0.6 is 9.24 Å². The number of fused-ring (bicyclic) bond motifs is 1. The lowest BCUT2D eigenvalue weighted by Gasteiger charge is -2.47. The number of esters is 1. The molecule has 1 aromatic carbocycles. The molecule has 0 bridgehead atoms. The zero-order valence-corrected chi connectivity index (χ0v) is 17.2. The van der Waals surface area contributed by atoms with Gasteiger partial charge in [0.1, 0.15) is 24.4 Å². The molecular formula is C19H27N2O5P. The van der Waals surface area contributed by atoms with Gasteiger partial charge >= 0.3 is 5.97 Å². The Morgan fingerprint density at radius 2 is 1.85 bits per heavy atom. The lowest BCUT2D eigenvalue weighted by Crippen LogP contribution is -2.68. The smallest absolute Gasteiger partial charge is 0.338 e. The predicted molar refractivity (Wildman–Crippen MR) is 103 cm³/mol. The van der Waals surface area contributed by atoms with Crippen LogP contribution in [0.1, 0.15) is 31.1 Å². The number of carbonyl (C=O) groups is 2. The highest BCUT2D eigenvalue weighted by atomic mass is 31.0. The summed E-state index contributed by atoms with van der Waals surface area (Å²) in [6.07, 6.45) is -1.10. The van der Waals surface area contributed by atoms with Gasteiger partial charge in [-0.05, 0) is 32.9 Å². The van der Waals surface area contributed by atoms with E-state index in [1.807, 2.05) is 17.9 Å². The summed E-state index contributed by atoms with van der Waals surface area (Å²) in [7, 11) is 4.24. The standard InChI is InChI=1S/C19H27N2O5P/c1-11-14(24-18(23)12-8-6-5-7-9-12)16-15(25-19(2,3)26-16)13(17(22)20-4)21(11)10-27/h5-9,11,13-16H,10,27H2,1-4H3,(H,20,22)/t11-,13+,14-,15-,16+/m1/s1. The maximum Gasteiger partial charge on any atom is 0.338 e. The molecule has 3 rings (SSSR count). The Balaban J connectivity index is 1.92. The molecule has 7 nitrogen and oxygen atoms in total. The molecule has 2 saturated heterocycles. The number of nitrogens with one attached hydrogen (secondary N) is 1. The van der Waals surface area contributed by atoms with Gasteiger partial charge in [-0.25, -0.2) is 4.79 Å². The number of hydrogen-bond acceptors (Lipinski definition) is 6. The van der Waals surface area contributed by atoms with Gasteiger partial charge in [0.2, 0.25) is 5.91 Å². The molecule has 0 saturated carbocycles. The lowest BCUT2D eigenvalue weighted by molar-refractivity contribution is -0.155. The van der Waals surface area contributed by atoms with Gasteiger partial charge in [-0.15, -0.1) is 9.24 Å². The molecule has 8 heteroatoms. The first-order valence-electron chi connectivity index (χ1n) is 9.08. The number of hydrogen-bond donors (Lipinski definition) is 1. The van der Waals surface area contributed by atoms with Crippen LogP contribution in [0.4, 0.5) is 0 Å². The zero-order valence-electron chi connectivity index (χ0n) is 16.0. The van der Waals surface area contributed by atoms with E-state index in [1.165, 1.54) is 0 Å². The summed E-state index contributed by atoms with van der Waals surface area (Å²) in [5.74, 6) is -1.43. The summed E-state index contributed by atoms with van der Waals surface area (Å²) in [4.78, 5) is 27.2. The zero-order chi connectivity index (χ0) is 19.8. The summed E-state index contributed by atoms with van der Waals surface area (Å²) in [5, 5.41) is 2.71. The van der Waals surface area contributed by atoms with Crippen LogP contribution in [0.25, 0.3) is 0 Å². The summed E-state index contributed by atoms with van der Waals surface area (Å²) in [5.41, 5.74) is 0.477. The summed E-state index contributed by atoms with van der Waals surface area (Å²) in [6, 6.07) is 8.10. The Bertz CT molecular complexity index is 699. The molecule has 1 amide bonds. The van der Waals surface area contributed by atoms with Gasteiger partial charge in [0, 0.05) is 19.4 Å². The third-order valence-corrected chi connectivity index (χ3v) is 5.55. The quantitative estimate of drug-likeness (QED) is 0.614. The molecule has 1 N–H and O–H groups in total. The largest absolute Gasteiger partial charge is 0.454 e. The normalized spacial score (nSPS) is 32.6. The minimum atomic E-state index is -0.865. The first kappa shape index (κ1) is 20.2. The van der Waals surface area contributed by atoms with Crippen molar-refractivity contribution in [2.45, 2.75) is 57.0 Å². The molecule has 0 aliphatic carbocycles. The molecule has 0 aromatic heterocycles. The van der Waals surface area contributed by atoms with E-state index < -0.39 is 36.1 Å². The Morgan fingerprint density at radius 1 is 1.22 bits per heavy atom. The number of nitrogens with zero attached hydrogens (tertiary/aromatic N) is 1. The first-order chi connectivity index (χ1) is 12.8. The van der Waals surface area contributed by atoms with Crippen molar-refractivity contribution in [1.29, 1.82) is 0 Å². The van der Waals surface area contributed by atoms with Crippen LogP contribution in [-0.4, -0.2) is 66.3 Å². The summed E-state index contributed by atoms with van der Waals surface area (Å²) in [6.45, 7) is 5.55. The van der Waals surface area contributed by atoms with Crippen LogP contribution in [0.2, 0.25) is 0 Å². The van der Waals surface area contributed by atoms with Crippen LogP contribution in [0.5, 0.6) is 0 Å². The number of likely N-dealkylation sites (N-methyl/N-ethyl adjacent to an activating group) is 1. The van der Waals surface area contributed by atoms with E-state index in [-0.39, 0.29) is 11.9 Å². The second kappa shape index (κ2) is 7.84. The Labute approximate surface area is 161 Å². The SMILES string of the molecule is CNC(=O)[C@@H]1[C@H]2OC(C)(C)O[C@H]2[C@H](OC(=O)c2ccccc2)[C@@H](C)N1CP. The second-order valence-corrected chi connectivity index (χ2v) is 7.66. The van der Waals surface area contributed by atoms with E-state index in [1.54, 1.807) is 45.2 Å². The minimum absolute atomic E-state index is 0.145. The molecule has 1 unspecified atom stereocenters. The molecule has 2 aliphatic heterocycles. The van der Waals surface area contributed by atoms with E-state index in [9.17, 15) is 9.59 Å². The van der Waals surface area contributed by atoms with Gasteiger partial charge in [0.15, 0.2) is 5.79 Å². The van der Waals surface area contributed by atoms with Crippen molar-refractivity contribution >= 4 is 21.1 Å². The fourth-order valence-corrected chi connectivity index (χ4v) is 4.44. The molecule has 2 fully saturated rings. The van der Waals surface area contributed by atoms with E-state index in [4.69, 9.17) is 14.2 Å². The van der Waals surface area contributed by atoms with Gasteiger partial charge in [0.25, 0.3) is 0 Å². The molecule has 27 heavy (non-hydrogen) atoms. The summed E-state index contributed by atoms with van der Waals surface area (Å²) < 4.78 is 18.0. The predicted octanol–water partition coefficient (Wildman–Crippen LogP) is 1.38. The van der Waals surface area contributed by atoms with E-state index in [0.717, 1.165) is 0 Å². The average Bonchev–Trinajstić information content (AvgIpc) is 2.98. The molecule has 6 atom stereocenters. The number of likely N-dealkylation sites (tertiary alicyclic amines) is 1. The fourth-order valence-electron chi connectivity index (χ4n) is 3.88. The van der Waals surface area contributed by atoms with Crippen molar-refractivity contribution in [2.24, 2.45) is 0 Å². The van der Waals surface area contributed by atoms with Gasteiger partial charge in [-0.2, -0.15) is 0 Å². The lowest BCUT2D eigenvalue weighted by atomic mass is 9.88. The van der Waals surface area contributed by atoms with Crippen LogP contribution < -0.4 is 5.32 Å². The fraction of sp³-hybridized carbons (Fsp3) is 0.579. The van der Waals surface area contributed by atoms with Crippen molar-refractivity contribution in [3.8, 4) is 0 Å². The third kappa shape index (κ3) is 3.87. The van der Waals surface area contributed by atoms with Gasteiger partial charge < -0.3 is 19.5 Å². The Kier molecular flexibility index (Phi) is 5.87. The second-order valence-electron chi connectivity index (χ2n) is 7.30. The van der Waals surface area contributed by atoms with E-state index in [0.29, 0.717) is 11.8 Å². The number of rotatable bonds is 4. The highest BCUT2D eigenvalue weighted by molar-refractivity contribution is 7.16. The number of benzene rings is 1. The van der Waals surface area contributed by atoms with E-state index >= 15 is 0 Å². The molecule has 1 aromatic rings. The van der Waals surface area contributed by atoms with Crippen LogP contribution in [0.3, 0.4) is 0 Å². The highest BCUT2D eigenvalue weighted by Crippen LogP contribution is 2.40. The molecular weight excluding hydrogens is 367 g/mol. The van der Waals surface area contributed by atoms with Crippen LogP contribution in [-0.2, 0) is 19.0 Å². The Morgan fingerprint density at radius 3 is 2.44 bits per heavy atom. The van der Waals surface area contributed by atoms with Crippen LogP contribution in [0.15, 0.2) is 30.3 Å². The maximum atomic E-state index is 12.7. The number of piperidine rings is 1. The van der Waals surface area contributed by atoms with Gasteiger partial charge in [-0.1, -0.05) is 18.2 Å². The van der Waals surface area contributed by atoms with Crippen molar-refractivity contribution in [3.05, 3.63) is 35.9 Å². The highest BCUT2D eigenvalue weighted by Gasteiger charge is 2.59. The topological polar surface area (TPSA) is 77.1 Å². The third-order valence-electron chi connectivity index (χ3n) is 5.13. The van der Waals surface area contributed by atoms with Crippen LogP contribution in [0, 0.1) is 0 Å². The molecule has 0 spiro atoms. The number of ether oxygens (including phenoxy) is 3. The first-order valence-corrected chi connectivity index (χ1v) is 9.90. The molecule has 2 heterocycles. The van der Waals surface area contributed by atoms with Gasteiger partial charge in [0.05, 0.1) is 5.56 Å². The Hall–Kier alpha value is -1.53. The van der Waals surface area contributed by atoms with E-state index in [2.05, 4.69) is 14.6 Å².